The third-order valence-electron chi connectivity index (χ3n) is 4.77. The van der Waals surface area contributed by atoms with Crippen LogP contribution in [0, 0.1) is 13.8 Å². The van der Waals surface area contributed by atoms with Crippen LogP contribution >= 0.6 is 0 Å². The van der Waals surface area contributed by atoms with Gasteiger partial charge in [-0.25, -0.2) is 4.79 Å². The minimum Gasteiger partial charge on any atom is -0.361 e. The van der Waals surface area contributed by atoms with Crippen LogP contribution in [0.15, 0.2) is 28.8 Å². The minimum atomic E-state index is -0.0637. The highest BCUT2D eigenvalue weighted by Crippen LogP contribution is 2.32. The van der Waals surface area contributed by atoms with E-state index in [-0.39, 0.29) is 12.1 Å². The number of nitrogens with one attached hydrogen (secondary N) is 1. The number of hydrogen-bond donors (Lipinski definition) is 1. The molecule has 5 nitrogen and oxygen atoms in total. The van der Waals surface area contributed by atoms with Crippen LogP contribution in [0.25, 0.3) is 0 Å². The van der Waals surface area contributed by atoms with Crippen LogP contribution in [-0.4, -0.2) is 22.6 Å². The number of urea groups is 1. The Balaban J connectivity index is 1.74. The fourth-order valence-corrected chi connectivity index (χ4v) is 3.24. The second kappa shape index (κ2) is 7.07. The maximum Gasteiger partial charge on any atom is 0.322 e. The van der Waals surface area contributed by atoms with E-state index < -0.39 is 0 Å². The Morgan fingerprint density at radius 3 is 3.04 bits per heavy atom. The largest absolute Gasteiger partial charge is 0.361 e. The van der Waals surface area contributed by atoms with Crippen LogP contribution in [-0.2, 0) is 6.42 Å². The van der Waals surface area contributed by atoms with Crippen LogP contribution in [0.3, 0.4) is 0 Å². The molecule has 1 aromatic heterocycles. The minimum absolute atomic E-state index is 0.00414. The highest BCUT2D eigenvalue weighted by molar-refractivity contribution is 5.90. The van der Waals surface area contributed by atoms with E-state index in [0.29, 0.717) is 0 Å². The molecular weight excluding hydrogens is 302 g/mol. The predicted octanol–water partition coefficient (Wildman–Crippen LogP) is 4.61. The van der Waals surface area contributed by atoms with Gasteiger partial charge in [-0.1, -0.05) is 24.2 Å². The Bertz CT molecular complexity index is 723. The number of aryl methyl sites for hydroxylation is 2. The fraction of sp³-hybridized carbons (Fsp3) is 0.474. The van der Waals surface area contributed by atoms with Crippen LogP contribution in [0.2, 0.25) is 0 Å². The molecule has 1 aromatic carbocycles. The molecule has 2 heterocycles. The predicted molar refractivity (Wildman–Crippen MR) is 94.1 cm³/mol. The molecule has 1 fully saturated rings. The number of nitrogens with zero attached hydrogens (tertiary/aromatic N) is 2. The first-order chi connectivity index (χ1) is 11.6. The average Bonchev–Trinajstić information content (AvgIpc) is 3.20. The Hall–Kier alpha value is -2.30. The van der Waals surface area contributed by atoms with Gasteiger partial charge in [-0.15, -0.1) is 0 Å². The Kier molecular flexibility index (Phi) is 4.88. The molecule has 2 aromatic rings. The topological polar surface area (TPSA) is 58.4 Å². The zero-order valence-corrected chi connectivity index (χ0v) is 14.6. The summed E-state index contributed by atoms with van der Waals surface area (Å²) in [6.45, 7) is 6.94. The lowest BCUT2D eigenvalue weighted by Crippen LogP contribution is -2.34. The highest BCUT2D eigenvalue weighted by atomic mass is 16.5. The van der Waals surface area contributed by atoms with Crippen molar-refractivity contribution < 1.29 is 9.32 Å². The molecule has 0 aliphatic carbocycles. The molecular formula is C19H25N3O2. The summed E-state index contributed by atoms with van der Waals surface area (Å²) in [4.78, 5) is 14.6. The Labute approximate surface area is 143 Å². The zero-order valence-electron chi connectivity index (χ0n) is 14.6. The number of anilines is 1. The molecule has 0 radical (unpaired) electrons. The van der Waals surface area contributed by atoms with Crippen molar-refractivity contribution in [2.24, 2.45) is 0 Å². The summed E-state index contributed by atoms with van der Waals surface area (Å²) < 4.78 is 5.39. The fourth-order valence-electron chi connectivity index (χ4n) is 3.24. The Morgan fingerprint density at radius 2 is 2.25 bits per heavy atom. The van der Waals surface area contributed by atoms with Gasteiger partial charge in [0.15, 0.2) is 0 Å². The number of aromatic nitrogens is 1. The van der Waals surface area contributed by atoms with Crippen LogP contribution in [0.4, 0.5) is 10.5 Å². The summed E-state index contributed by atoms with van der Waals surface area (Å²) in [6, 6.07) is 7.90. The molecule has 3 rings (SSSR count). The van der Waals surface area contributed by atoms with Gasteiger partial charge in [-0.3, -0.25) is 0 Å². The molecule has 1 saturated heterocycles. The lowest BCUT2D eigenvalue weighted by molar-refractivity contribution is 0.204. The summed E-state index contributed by atoms with van der Waals surface area (Å²) in [6.07, 6.45) is 3.82. The second-order valence-corrected chi connectivity index (χ2v) is 6.50. The van der Waals surface area contributed by atoms with Gasteiger partial charge in [-0.05, 0) is 50.3 Å². The maximum absolute atomic E-state index is 12.8. The molecule has 1 N–H and O–H groups in total. The van der Waals surface area contributed by atoms with Gasteiger partial charge in [-0.2, -0.15) is 0 Å². The van der Waals surface area contributed by atoms with E-state index in [2.05, 4.69) is 17.4 Å². The number of benzene rings is 1. The van der Waals surface area contributed by atoms with Crippen molar-refractivity contribution >= 4 is 11.7 Å². The zero-order chi connectivity index (χ0) is 17.1. The van der Waals surface area contributed by atoms with Crippen molar-refractivity contribution in [1.82, 2.24) is 10.1 Å². The quantitative estimate of drug-likeness (QED) is 0.892. The summed E-state index contributed by atoms with van der Waals surface area (Å²) in [7, 11) is 0. The normalized spacial score (nSPS) is 17.3. The van der Waals surface area contributed by atoms with E-state index >= 15 is 0 Å². The third kappa shape index (κ3) is 3.30. The highest BCUT2D eigenvalue weighted by Gasteiger charge is 2.32. The van der Waals surface area contributed by atoms with Crippen LogP contribution < -0.4 is 5.32 Å². The second-order valence-electron chi connectivity index (χ2n) is 6.50. The molecule has 2 amide bonds. The summed E-state index contributed by atoms with van der Waals surface area (Å²) in [5.74, 6) is 0.897. The van der Waals surface area contributed by atoms with Crippen molar-refractivity contribution in [2.75, 3.05) is 11.9 Å². The maximum atomic E-state index is 12.8. The van der Waals surface area contributed by atoms with Gasteiger partial charge in [0.2, 0.25) is 0 Å². The van der Waals surface area contributed by atoms with Crippen molar-refractivity contribution in [2.45, 2.75) is 52.5 Å². The van der Waals surface area contributed by atoms with E-state index in [1.807, 2.05) is 43.0 Å². The molecule has 24 heavy (non-hydrogen) atoms. The van der Waals surface area contributed by atoms with Gasteiger partial charge in [0, 0.05) is 24.7 Å². The first-order valence-electron chi connectivity index (χ1n) is 8.69. The third-order valence-corrected chi connectivity index (χ3v) is 4.77. The lowest BCUT2D eigenvalue weighted by atomic mass is 10.1. The average molecular weight is 327 g/mol. The molecule has 5 heteroatoms. The molecule has 1 aliphatic rings. The number of rotatable bonds is 4. The van der Waals surface area contributed by atoms with Gasteiger partial charge in [0.1, 0.15) is 11.5 Å². The van der Waals surface area contributed by atoms with Gasteiger partial charge < -0.3 is 14.7 Å². The Morgan fingerprint density at radius 1 is 1.42 bits per heavy atom. The lowest BCUT2D eigenvalue weighted by Gasteiger charge is -2.24. The molecule has 1 aliphatic heterocycles. The number of hydrogen-bond acceptors (Lipinski definition) is 3. The molecule has 0 saturated carbocycles. The standard InChI is InChI=1S/C19H25N3O2/c1-4-7-15-12-17(21-24-15)18-10-6-11-22(18)19(23)20-16-9-5-8-13(2)14(16)3/h5,8-9,12,18H,4,6-7,10-11H2,1-3H3,(H,20,23)/t18-/m0/s1. The number of likely N-dealkylation sites (tertiary alicyclic amines) is 1. The van der Waals surface area contributed by atoms with Crippen LogP contribution in [0.5, 0.6) is 0 Å². The number of carbonyl (C=O) groups is 1. The number of carbonyl (C=O) groups excluding carboxylic acids is 1. The molecule has 0 spiro atoms. The summed E-state index contributed by atoms with van der Waals surface area (Å²) in [5.41, 5.74) is 4.02. The van der Waals surface area contributed by atoms with E-state index in [4.69, 9.17) is 4.52 Å². The van der Waals surface area contributed by atoms with Gasteiger partial charge in [0.05, 0.1) is 6.04 Å². The monoisotopic (exact) mass is 327 g/mol. The molecule has 0 unspecified atom stereocenters. The van der Waals surface area contributed by atoms with Crippen molar-refractivity contribution in [3.05, 3.63) is 46.8 Å². The first kappa shape index (κ1) is 16.6. The summed E-state index contributed by atoms with van der Waals surface area (Å²) in [5, 5.41) is 7.24. The smallest absolute Gasteiger partial charge is 0.322 e. The van der Waals surface area contributed by atoms with Crippen LogP contribution in [0.1, 0.15) is 54.8 Å². The SMILES string of the molecule is CCCc1cc([C@@H]2CCCN2C(=O)Nc2cccc(C)c2C)no1. The molecule has 0 bridgehead atoms. The van der Waals surface area contributed by atoms with E-state index in [9.17, 15) is 4.79 Å². The molecule has 1 atom stereocenters. The summed E-state index contributed by atoms with van der Waals surface area (Å²) >= 11 is 0. The first-order valence-corrected chi connectivity index (χ1v) is 8.69. The van der Waals surface area contributed by atoms with Crippen molar-refractivity contribution in [1.29, 1.82) is 0 Å². The number of amides is 2. The van der Waals surface area contributed by atoms with E-state index in [1.54, 1.807) is 0 Å². The van der Waals surface area contributed by atoms with Crippen molar-refractivity contribution in [3.63, 3.8) is 0 Å². The van der Waals surface area contributed by atoms with E-state index in [1.165, 1.54) is 5.56 Å². The van der Waals surface area contributed by atoms with Gasteiger partial charge >= 0.3 is 6.03 Å². The van der Waals surface area contributed by atoms with Crippen molar-refractivity contribution in [3.8, 4) is 0 Å². The van der Waals surface area contributed by atoms with Gasteiger partial charge in [0.25, 0.3) is 0 Å². The van der Waals surface area contributed by atoms with E-state index in [0.717, 1.165) is 54.9 Å². The molecule has 128 valence electrons.